The van der Waals surface area contributed by atoms with Gasteiger partial charge in [0.15, 0.2) is 11.4 Å². The number of amides is 1. The monoisotopic (exact) mass is 458 g/mol. The zero-order chi connectivity index (χ0) is 23.2. The average molecular weight is 458 g/mol. The van der Waals surface area contributed by atoms with Crippen molar-refractivity contribution in [2.24, 2.45) is 5.92 Å². The van der Waals surface area contributed by atoms with Crippen LogP contribution in [0.1, 0.15) is 41.1 Å². The van der Waals surface area contributed by atoms with Gasteiger partial charge in [-0.25, -0.2) is 15.0 Å². The van der Waals surface area contributed by atoms with E-state index in [0.29, 0.717) is 24.1 Å². The summed E-state index contributed by atoms with van der Waals surface area (Å²) in [4.78, 5) is 28.6. The van der Waals surface area contributed by atoms with Gasteiger partial charge in [-0.15, -0.1) is 4.80 Å². The lowest BCUT2D eigenvalue weighted by atomic mass is 9.76. The molecule has 172 valence electrons. The first-order valence-corrected chi connectivity index (χ1v) is 10.6. The minimum Gasteiger partial charge on any atom is -0.364 e. The van der Waals surface area contributed by atoms with Crippen LogP contribution in [0, 0.1) is 12.8 Å². The van der Waals surface area contributed by atoms with Crippen LogP contribution in [0.5, 0.6) is 0 Å². The number of alkyl halides is 3. The first-order valence-electron chi connectivity index (χ1n) is 10.6. The van der Waals surface area contributed by atoms with Crippen LogP contribution < -0.4 is 5.32 Å². The minimum atomic E-state index is -4.54. The van der Waals surface area contributed by atoms with Crippen molar-refractivity contribution in [1.82, 2.24) is 34.8 Å². The molecule has 0 radical (unpaired) electrons. The normalized spacial score (nSPS) is 22.4. The quantitative estimate of drug-likeness (QED) is 0.642. The Kier molecular flexibility index (Phi) is 5.22. The van der Waals surface area contributed by atoms with Crippen molar-refractivity contribution in [3.8, 4) is 5.69 Å². The second kappa shape index (κ2) is 8.09. The largest absolute Gasteiger partial charge is 0.434 e. The summed E-state index contributed by atoms with van der Waals surface area (Å²) in [6, 6.07) is 3.27. The minimum absolute atomic E-state index is 0.146. The Morgan fingerprint density at radius 1 is 1.12 bits per heavy atom. The summed E-state index contributed by atoms with van der Waals surface area (Å²) in [5.74, 6) is 0.309. The number of aryl methyl sites for hydroxylation is 1. The molecular weight excluding hydrogens is 437 g/mol. The third-order valence-electron chi connectivity index (χ3n) is 6.16. The molecule has 5 heterocycles. The molecule has 1 amide bonds. The molecule has 2 bridgehead atoms. The van der Waals surface area contributed by atoms with Crippen LogP contribution >= 0.6 is 0 Å². The first-order chi connectivity index (χ1) is 15.8. The Morgan fingerprint density at radius 3 is 2.58 bits per heavy atom. The molecule has 6 rings (SSSR count). The molecule has 0 aromatic carbocycles. The van der Waals surface area contributed by atoms with Gasteiger partial charge in [0.2, 0.25) is 0 Å². The summed E-state index contributed by atoms with van der Waals surface area (Å²) in [5.41, 5.74) is 0.424. The number of rotatable bonds is 4. The predicted octanol–water partition coefficient (Wildman–Crippen LogP) is 2.88. The van der Waals surface area contributed by atoms with Crippen molar-refractivity contribution in [3.05, 3.63) is 54.0 Å². The predicted molar refractivity (Wildman–Crippen MR) is 111 cm³/mol. The molecule has 3 fully saturated rings. The Balaban J connectivity index is 1.39. The fourth-order valence-electron chi connectivity index (χ4n) is 4.67. The van der Waals surface area contributed by atoms with Gasteiger partial charge in [0.25, 0.3) is 5.91 Å². The van der Waals surface area contributed by atoms with E-state index in [1.807, 2.05) is 11.8 Å². The average Bonchev–Trinajstić information content (AvgIpc) is 3.33. The van der Waals surface area contributed by atoms with Crippen molar-refractivity contribution in [1.29, 1.82) is 0 Å². The fourth-order valence-corrected chi connectivity index (χ4v) is 4.67. The van der Waals surface area contributed by atoms with Crippen LogP contribution in [0.25, 0.3) is 5.69 Å². The highest BCUT2D eigenvalue weighted by atomic mass is 19.4. The lowest BCUT2D eigenvalue weighted by Gasteiger charge is -2.50. The second-order valence-corrected chi connectivity index (χ2v) is 8.38. The highest BCUT2D eigenvalue weighted by Gasteiger charge is 2.44. The van der Waals surface area contributed by atoms with E-state index in [4.69, 9.17) is 0 Å². The summed E-state index contributed by atoms with van der Waals surface area (Å²) in [5, 5.41) is 11.5. The highest BCUT2D eigenvalue weighted by Crippen LogP contribution is 2.37. The lowest BCUT2D eigenvalue weighted by molar-refractivity contribution is -0.141. The number of fused-ring (bicyclic) bond motifs is 3. The van der Waals surface area contributed by atoms with Crippen LogP contribution in [0.15, 0.2) is 36.9 Å². The number of hydrogen-bond acceptors (Lipinski definition) is 7. The summed E-state index contributed by atoms with van der Waals surface area (Å²) < 4.78 is 38.3. The molecule has 33 heavy (non-hydrogen) atoms. The SMILES string of the molecule is Cc1ccc(-n2nccn2)c(C(=O)N2C[C@H]3CC[C@H]2[C@H](Nc2cnc(C(F)(F)F)cn2)C3)n1. The molecule has 2 saturated heterocycles. The van der Waals surface area contributed by atoms with Crippen molar-refractivity contribution in [2.45, 2.75) is 44.4 Å². The molecule has 2 aliphatic heterocycles. The van der Waals surface area contributed by atoms with E-state index < -0.39 is 11.9 Å². The Labute approximate surface area is 187 Å². The number of piperidine rings is 2. The molecule has 1 N–H and O–H groups in total. The van der Waals surface area contributed by atoms with E-state index >= 15 is 0 Å². The van der Waals surface area contributed by atoms with E-state index in [1.165, 1.54) is 17.2 Å². The number of nitrogens with zero attached hydrogens (tertiary/aromatic N) is 7. The summed E-state index contributed by atoms with van der Waals surface area (Å²) in [6.45, 7) is 2.41. The second-order valence-electron chi connectivity index (χ2n) is 8.38. The Bertz CT molecular complexity index is 1150. The molecule has 0 unspecified atom stereocenters. The summed E-state index contributed by atoms with van der Waals surface area (Å²) >= 11 is 0. The van der Waals surface area contributed by atoms with Crippen LogP contribution in [-0.2, 0) is 6.18 Å². The smallest absolute Gasteiger partial charge is 0.364 e. The standard InChI is InChI=1S/C21H21F3N8O/c1-12-2-4-16(32-27-6-7-28-32)19(29-12)20(33)31-11-13-3-5-15(31)14(8-13)30-18-10-25-17(9-26-18)21(22,23)24/h2,4,6-7,9-10,13-15H,3,5,8,11H2,1H3,(H,26,30)/t13-,14+,15-/m0/s1. The number of carbonyl (C=O) groups excluding carboxylic acids is 1. The van der Waals surface area contributed by atoms with Crippen LogP contribution in [0.4, 0.5) is 19.0 Å². The van der Waals surface area contributed by atoms with Gasteiger partial charge in [-0.05, 0) is 44.2 Å². The number of anilines is 1. The van der Waals surface area contributed by atoms with Crippen LogP contribution in [0.3, 0.4) is 0 Å². The maximum absolute atomic E-state index is 13.6. The highest BCUT2D eigenvalue weighted by molar-refractivity contribution is 5.96. The number of hydrogen-bond donors (Lipinski definition) is 1. The molecule has 3 aromatic heterocycles. The van der Waals surface area contributed by atoms with Crippen LogP contribution in [-0.4, -0.2) is 59.4 Å². The number of carbonyl (C=O) groups is 1. The van der Waals surface area contributed by atoms with Gasteiger partial charge in [0, 0.05) is 18.3 Å². The first kappa shape index (κ1) is 21.3. The topological polar surface area (TPSA) is 102 Å². The Morgan fingerprint density at radius 2 is 1.91 bits per heavy atom. The van der Waals surface area contributed by atoms with Crippen molar-refractivity contribution < 1.29 is 18.0 Å². The van der Waals surface area contributed by atoms with Gasteiger partial charge in [-0.2, -0.15) is 23.4 Å². The molecular formula is C21H21F3N8O. The summed E-state index contributed by atoms with van der Waals surface area (Å²) in [7, 11) is 0. The van der Waals surface area contributed by atoms with Gasteiger partial charge < -0.3 is 10.2 Å². The van der Waals surface area contributed by atoms with Crippen molar-refractivity contribution in [3.63, 3.8) is 0 Å². The zero-order valence-electron chi connectivity index (χ0n) is 17.7. The van der Waals surface area contributed by atoms with Gasteiger partial charge in [-0.1, -0.05) is 0 Å². The summed E-state index contributed by atoms with van der Waals surface area (Å²) in [6.07, 6.45) is 2.88. The van der Waals surface area contributed by atoms with E-state index in [0.717, 1.165) is 25.5 Å². The maximum atomic E-state index is 13.6. The lowest BCUT2D eigenvalue weighted by Crippen LogP contribution is -2.60. The zero-order valence-corrected chi connectivity index (χ0v) is 17.7. The van der Waals surface area contributed by atoms with E-state index in [9.17, 15) is 18.0 Å². The van der Waals surface area contributed by atoms with Crippen molar-refractivity contribution >= 4 is 11.7 Å². The number of aromatic nitrogens is 6. The number of halogens is 3. The van der Waals surface area contributed by atoms with E-state index in [-0.39, 0.29) is 35.4 Å². The van der Waals surface area contributed by atoms with Gasteiger partial charge in [0.1, 0.15) is 11.5 Å². The third-order valence-corrected chi connectivity index (χ3v) is 6.16. The Hall–Kier alpha value is -3.57. The molecule has 9 nitrogen and oxygen atoms in total. The van der Waals surface area contributed by atoms with Gasteiger partial charge in [-0.3, -0.25) is 4.79 Å². The van der Waals surface area contributed by atoms with Crippen LogP contribution in [0.2, 0.25) is 0 Å². The molecule has 1 aliphatic carbocycles. The van der Waals surface area contributed by atoms with E-state index in [1.54, 1.807) is 12.1 Å². The third kappa shape index (κ3) is 4.12. The van der Waals surface area contributed by atoms with E-state index in [2.05, 4.69) is 30.5 Å². The van der Waals surface area contributed by atoms with Gasteiger partial charge in [0.05, 0.1) is 30.8 Å². The fraction of sp³-hybridized carbons (Fsp3) is 0.429. The number of nitrogens with one attached hydrogen (secondary N) is 1. The maximum Gasteiger partial charge on any atom is 0.434 e. The molecule has 3 aromatic rings. The molecule has 12 heteroatoms. The van der Waals surface area contributed by atoms with Crippen molar-refractivity contribution in [2.75, 3.05) is 11.9 Å². The molecule has 1 saturated carbocycles. The molecule has 3 atom stereocenters. The molecule has 0 spiro atoms. The number of pyridine rings is 1. The van der Waals surface area contributed by atoms with Gasteiger partial charge >= 0.3 is 6.18 Å². The molecule has 3 aliphatic rings.